The Hall–Kier alpha value is 0.100. The average molecular weight is 489 g/mol. The first kappa shape index (κ1) is 15.5. The number of rotatable bonds is 6. The molecule has 1 aliphatic rings. The standard InChI is InChI=1S/C12H17I2N3O2/c1-12(11(18)19-2,16-8-3-4-8)5-6-17-7-15-9(13)10(17)14/h7-8,16H,3-6H2,1-2H3. The molecule has 1 aromatic rings. The summed E-state index contributed by atoms with van der Waals surface area (Å²) in [5.74, 6) is -0.191. The van der Waals surface area contributed by atoms with Crippen LogP contribution in [0.25, 0.3) is 0 Å². The van der Waals surface area contributed by atoms with E-state index in [9.17, 15) is 4.79 Å². The monoisotopic (exact) mass is 489 g/mol. The highest BCUT2D eigenvalue weighted by Crippen LogP contribution is 2.25. The number of aromatic nitrogens is 2. The molecule has 1 atom stereocenters. The minimum atomic E-state index is -0.616. The number of hydrogen-bond donors (Lipinski definition) is 1. The fourth-order valence-corrected chi connectivity index (χ4v) is 2.92. The molecule has 1 aromatic heterocycles. The molecule has 19 heavy (non-hydrogen) atoms. The van der Waals surface area contributed by atoms with Crippen molar-refractivity contribution < 1.29 is 9.53 Å². The van der Waals surface area contributed by atoms with Crippen LogP contribution in [0.5, 0.6) is 0 Å². The smallest absolute Gasteiger partial charge is 0.325 e. The Kier molecular flexibility index (Phi) is 5.09. The molecule has 1 saturated carbocycles. The van der Waals surface area contributed by atoms with Crippen molar-refractivity contribution in [3.05, 3.63) is 13.7 Å². The summed E-state index contributed by atoms with van der Waals surface area (Å²) >= 11 is 4.48. The average Bonchev–Trinajstić information content (AvgIpc) is 3.14. The van der Waals surface area contributed by atoms with Crippen LogP contribution in [-0.4, -0.2) is 34.2 Å². The number of halogens is 2. The summed E-state index contributed by atoms with van der Waals surface area (Å²) in [6.07, 6.45) is 4.80. The van der Waals surface area contributed by atoms with Gasteiger partial charge in [0.1, 0.15) is 12.9 Å². The molecule has 0 bridgehead atoms. The number of nitrogens with one attached hydrogen (secondary N) is 1. The summed E-state index contributed by atoms with van der Waals surface area (Å²) in [6.45, 7) is 2.67. The summed E-state index contributed by atoms with van der Waals surface area (Å²) < 4.78 is 9.11. The minimum Gasteiger partial charge on any atom is -0.468 e. The zero-order valence-corrected chi connectivity index (χ0v) is 15.3. The lowest BCUT2D eigenvalue weighted by molar-refractivity contribution is -0.148. The molecule has 1 heterocycles. The molecular formula is C12H17I2N3O2. The topological polar surface area (TPSA) is 56.2 Å². The number of esters is 1. The summed E-state index contributed by atoms with van der Waals surface area (Å²) in [6, 6.07) is 0.464. The van der Waals surface area contributed by atoms with Gasteiger partial charge in [-0.2, -0.15) is 0 Å². The van der Waals surface area contributed by atoms with Gasteiger partial charge in [-0.15, -0.1) is 0 Å². The summed E-state index contributed by atoms with van der Waals surface area (Å²) in [7, 11) is 1.44. The highest BCUT2D eigenvalue weighted by molar-refractivity contribution is 14.1. The lowest BCUT2D eigenvalue weighted by atomic mass is 9.97. The lowest BCUT2D eigenvalue weighted by Crippen LogP contribution is -2.51. The van der Waals surface area contributed by atoms with Crippen molar-refractivity contribution in [2.45, 2.75) is 44.3 Å². The SMILES string of the molecule is COC(=O)C(C)(CCn1cnc(I)c1I)NC1CC1. The van der Waals surface area contributed by atoms with Crippen molar-refractivity contribution in [1.29, 1.82) is 0 Å². The number of ether oxygens (including phenoxy) is 1. The van der Waals surface area contributed by atoms with Crippen molar-refractivity contribution in [3.8, 4) is 0 Å². The molecule has 2 rings (SSSR count). The molecule has 1 unspecified atom stereocenters. The Bertz CT molecular complexity index is 474. The second-order valence-electron chi connectivity index (χ2n) is 5.01. The third-order valence-corrected chi connectivity index (χ3v) is 6.27. The molecule has 5 nitrogen and oxygen atoms in total. The van der Waals surface area contributed by atoms with Gasteiger partial charge in [0.25, 0.3) is 0 Å². The lowest BCUT2D eigenvalue weighted by Gasteiger charge is -2.28. The summed E-state index contributed by atoms with van der Waals surface area (Å²) in [5.41, 5.74) is -0.616. The van der Waals surface area contributed by atoms with Crippen LogP contribution in [0, 0.1) is 7.40 Å². The van der Waals surface area contributed by atoms with E-state index in [0.717, 1.165) is 26.8 Å². The zero-order chi connectivity index (χ0) is 14.0. The van der Waals surface area contributed by atoms with Gasteiger partial charge in [0.15, 0.2) is 0 Å². The van der Waals surface area contributed by atoms with Crippen molar-refractivity contribution >= 4 is 51.2 Å². The van der Waals surface area contributed by atoms with Crippen LogP contribution < -0.4 is 5.32 Å². The molecule has 1 N–H and O–H groups in total. The van der Waals surface area contributed by atoms with E-state index in [4.69, 9.17) is 4.74 Å². The van der Waals surface area contributed by atoms with E-state index in [-0.39, 0.29) is 5.97 Å². The first-order valence-corrected chi connectivity index (χ1v) is 8.34. The minimum absolute atomic E-state index is 0.191. The van der Waals surface area contributed by atoms with Crippen molar-refractivity contribution in [3.63, 3.8) is 0 Å². The van der Waals surface area contributed by atoms with E-state index >= 15 is 0 Å². The Morgan fingerprint density at radius 3 is 2.79 bits per heavy atom. The van der Waals surface area contributed by atoms with Crippen LogP contribution in [0.3, 0.4) is 0 Å². The van der Waals surface area contributed by atoms with Gasteiger partial charge < -0.3 is 9.30 Å². The quantitative estimate of drug-likeness (QED) is 0.492. The van der Waals surface area contributed by atoms with E-state index in [2.05, 4.69) is 60.0 Å². The van der Waals surface area contributed by atoms with Crippen LogP contribution in [0.2, 0.25) is 0 Å². The Labute approximate surface area is 140 Å². The molecule has 0 amide bonds. The van der Waals surface area contributed by atoms with Gasteiger partial charge >= 0.3 is 5.97 Å². The van der Waals surface area contributed by atoms with Crippen LogP contribution in [-0.2, 0) is 16.1 Å². The van der Waals surface area contributed by atoms with Crippen LogP contribution in [0.1, 0.15) is 26.2 Å². The molecule has 106 valence electrons. The molecular weight excluding hydrogens is 472 g/mol. The highest BCUT2D eigenvalue weighted by atomic mass is 127. The highest BCUT2D eigenvalue weighted by Gasteiger charge is 2.39. The van der Waals surface area contributed by atoms with Gasteiger partial charge in [-0.05, 0) is 71.4 Å². The third-order valence-electron chi connectivity index (χ3n) is 3.32. The second-order valence-corrected chi connectivity index (χ2v) is 7.06. The third kappa shape index (κ3) is 3.81. The summed E-state index contributed by atoms with van der Waals surface area (Å²) in [5, 5.41) is 3.40. The van der Waals surface area contributed by atoms with E-state index in [0.29, 0.717) is 12.5 Å². The molecule has 0 radical (unpaired) electrons. The second kappa shape index (κ2) is 6.25. The number of imidazole rings is 1. The number of carbonyl (C=O) groups is 1. The fraction of sp³-hybridized carbons (Fsp3) is 0.667. The normalized spacial score (nSPS) is 18.1. The van der Waals surface area contributed by atoms with E-state index in [1.54, 1.807) is 0 Å². The fourth-order valence-electron chi connectivity index (χ4n) is 1.98. The number of hydrogen-bond acceptors (Lipinski definition) is 4. The maximum atomic E-state index is 12.0. The van der Waals surface area contributed by atoms with Crippen molar-refractivity contribution in [2.24, 2.45) is 0 Å². The van der Waals surface area contributed by atoms with Crippen LogP contribution >= 0.6 is 45.2 Å². The maximum absolute atomic E-state index is 12.0. The molecule has 1 aliphatic carbocycles. The zero-order valence-electron chi connectivity index (χ0n) is 10.9. The molecule has 0 saturated heterocycles. The molecule has 1 fully saturated rings. The van der Waals surface area contributed by atoms with E-state index in [1.807, 2.05) is 13.3 Å². The predicted molar refractivity (Wildman–Crippen MR) is 88.9 cm³/mol. The molecule has 0 spiro atoms. The van der Waals surface area contributed by atoms with E-state index < -0.39 is 5.54 Å². The maximum Gasteiger partial charge on any atom is 0.325 e. The first-order chi connectivity index (χ1) is 8.96. The van der Waals surface area contributed by atoms with Gasteiger partial charge in [0.2, 0.25) is 0 Å². The number of nitrogens with zero attached hydrogens (tertiary/aromatic N) is 2. The van der Waals surface area contributed by atoms with Crippen LogP contribution in [0.4, 0.5) is 0 Å². The van der Waals surface area contributed by atoms with Gasteiger partial charge in [0, 0.05) is 12.6 Å². The summed E-state index contributed by atoms with van der Waals surface area (Å²) in [4.78, 5) is 16.3. The van der Waals surface area contributed by atoms with Gasteiger partial charge in [-0.25, -0.2) is 4.98 Å². The van der Waals surface area contributed by atoms with Gasteiger partial charge in [-0.1, -0.05) is 0 Å². The largest absolute Gasteiger partial charge is 0.468 e. The number of aryl methyl sites for hydroxylation is 1. The van der Waals surface area contributed by atoms with Crippen molar-refractivity contribution in [2.75, 3.05) is 7.11 Å². The Morgan fingerprint density at radius 2 is 2.32 bits per heavy atom. The van der Waals surface area contributed by atoms with Crippen LogP contribution in [0.15, 0.2) is 6.33 Å². The predicted octanol–water partition coefficient (Wildman–Crippen LogP) is 2.17. The molecule has 0 aliphatic heterocycles. The Balaban J connectivity index is 2.03. The Morgan fingerprint density at radius 1 is 1.63 bits per heavy atom. The molecule has 7 heteroatoms. The molecule has 0 aromatic carbocycles. The van der Waals surface area contributed by atoms with Gasteiger partial charge in [0.05, 0.1) is 13.4 Å². The van der Waals surface area contributed by atoms with E-state index in [1.165, 1.54) is 7.11 Å². The number of carbonyl (C=O) groups excluding carboxylic acids is 1. The first-order valence-electron chi connectivity index (χ1n) is 6.18. The number of methoxy groups -OCH3 is 1. The van der Waals surface area contributed by atoms with Gasteiger partial charge in [-0.3, -0.25) is 10.1 Å². The van der Waals surface area contributed by atoms with Crippen molar-refractivity contribution in [1.82, 2.24) is 14.9 Å².